The number of urea groups is 1. The third-order valence-corrected chi connectivity index (χ3v) is 4.22. The van der Waals surface area contributed by atoms with Crippen molar-refractivity contribution in [1.29, 1.82) is 0 Å². The second kappa shape index (κ2) is 5.59. The predicted molar refractivity (Wildman–Crippen MR) is 79.1 cm³/mol. The molecule has 112 valence electrons. The van der Waals surface area contributed by atoms with Crippen molar-refractivity contribution in [2.24, 2.45) is 7.05 Å². The van der Waals surface area contributed by atoms with Gasteiger partial charge in [-0.15, -0.1) is 0 Å². The van der Waals surface area contributed by atoms with E-state index in [-0.39, 0.29) is 6.03 Å². The molecule has 0 saturated carbocycles. The summed E-state index contributed by atoms with van der Waals surface area (Å²) in [5.74, 6) is 0.469. The van der Waals surface area contributed by atoms with Crippen LogP contribution < -0.4 is 5.32 Å². The number of likely N-dealkylation sites (tertiary alicyclic amines) is 1. The second-order valence-corrected chi connectivity index (χ2v) is 5.47. The molecule has 3 heterocycles. The molecule has 7 nitrogen and oxygen atoms in total. The van der Waals surface area contributed by atoms with Crippen molar-refractivity contribution in [3.05, 3.63) is 29.8 Å². The van der Waals surface area contributed by atoms with Crippen LogP contribution in [0.25, 0.3) is 0 Å². The average Bonchev–Trinajstić information content (AvgIpc) is 3.13. The van der Waals surface area contributed by atoms with Gasteiger partial charge in [0, 0.05) is 37.9 Å². The number of hydrogen-bond donors (Lipinski definition) is 2. The summed E-state index contributed by atoms with van der Waals surface area (Å²) in [5, 5.41) is 14.1. The van der Waals surface area contributed by atoms with Crippen LogP contribution in [0.3, 0.4) is 0 Å². The van der Waals surface area contributed by atoms with Crippen LogP contribution in [0.2, 0.25) is 0 Å². The number of rotatable bonds is 2. The number of piperidine rings is 1. The van der Waals surface area contributed by atoms with Gasteiger partial charge in [-0.05, 0) is 25.8 Å². The summed E-state index contributed by atoms with van der Waals surface area (Å²) in [4.78, 5) is 14.1. The van der Waals surface area contributed by atoms with Crippen LogP contribution >= 0.6 is 0 Å². The van der Waals surface area contributed by atoms with Crippen molar-refractivity contribution >= 4 is 11.7 Å². The van der Waals surface area contributed by atoms with Gasteiger partial charge >= 0.3 is 6.03 Å². The molecule has 0 radical (unpaired) electrons. The first-order chi connectivity index (χ1) is 10.1. The zero-order chi connectivity index (χ0) is 14.8. The molecule has 1 aliphatic heterocycles. The number of carbonyl (C=O) groups is 1. The van der Waals surface area contributed by atoms with Crippen molar-refractivity contribution in [2.75, 3.05) is 18.4 Å². The highest BCUT2D eigenvalue weighted by Crippen LogP contribution is 2.26. The van der Waals surface area contributed by atoms with E-state index in [1.807, 2.05) is 24.9 Å². The number of aromatic nitrogens is 4. The van der Waals surface area contributed by atoms with Crippen molar-refractivity contribution in [3.63, 3.8) is 0 Å². The van der Waals surface area contributed by atoms with Crippen LogP contribution in [-0.2, 0) is 7.05 Å². The molecule has 2 aromatic rings. The lowest BCUT2D eigenvalue weighted by Gasteiger charge is -2.31. The van der Waals surface area contributed by atoms with Gasteiger partial charge in [-0.2, -0.15) is 10.2 Å². The maximum Gasteiger partial charge on any atom is 0.321 e. The Kier molecular flexibility index (Phi) is 3.64. The van der Waals surface area contributed by atoms with Gasteiger partial charge in [-0.3, -0.25) is 9.78 Å². The minimum absolute atomic E-state index is 0.0471. The molecular weight excluding hydrogens is 268 g/mol. The smallest absolute Gasteiger partial charge is 0.321 e. The minimum Gasteiger partial charge on any atom is -0.324 e. The Morgan fingerprint density at radius 1 is 1.43 bits per heavy atom. The molecule has 3 rings (SSSR count). The van der Waals surface area contributed by atoms with Crippen LogP contribution in [0.1, 0.15) is 30.1 Å². The summed E-state index contributed by atoms with van der Waals surface area (Å²) in [6.07, 6.45) is 5.38. The van der Waals surface area contributed by atoms with Gasteiger partial charge in [-0.1, -0.05) is 0 Å². The summed E-state index contributed by atoms with van der Waals surface area (Å²) in [6, 6.07) is 1.97. The van der Waals surface area contributed by atoms with Crippen molar-refractivity contribution in [1.82, 2.24) is 24.9 Å². The lowest BCUT2D eigenvalue weighted by Crippen LogP contribution is -2.40. The van der Waals surface area contributed by atoms with Gasteiger partial charge in [0.05, 0.1) is 17.6 Å². The molecular formula is C14H20N6O. The van der Waals surface area contributed by atoms with E-state index in [1.165, 1.54) is 0 Å². The van der Waals surface area contributed by atoms with Gasteiger partial charge < -0.3 is 10.2 Å². The van der Waals surface area contributed by atoms with E-state index in [9.17, 15) is 4.79 Å². The molecule has 2 amide bonds. The first-order valence-electron chi connectivity index (χ1n) is 7.19. The van der Waals surface area contributed by atoms with E-state index in [4.69, 9.17) is 0 Å². The van der Waals surface area contributed by atoms with Gasteiger partial charge in [0.25, 0.3) is 0 Å². The van der Waals surface area contributed by atoms with E-state index in [1.54, 1.807) is 17.1 Å². The highest BCUT2D eigenvalue weighted by molar-refractivity contribution is 5.89. The highest BCUT2D eigenvalue weighted by atomic mass is 16.2. The average molecular weight is 288 g/mol. The molecule has 0 atom stereocenters. The summed E-state index contributed by atoms with van der Waals surface area (Å²) < 4.78 is 1.75. The zero-order valence-electron chi connectivity index (χ0n) is 12.3. The monoisotopic (exact) mass is 288 g/mol. The molecule has 7 heteroatoms. The topological polar surface area (TPSA) is 78.8 Å². The SMILES string of the molecule is Cc1c(NC(=O)N2CCC(c3ccn[nH]3)CC2)cnn1C. The molecule has 1 fully saturated rings. The van der Waals surface area contributed by atoms with E-state index < -0.39 is 0 Å². The minimum atomic E-state index is -0.0471. The summed E-state index contributed by atoms with van der Waals surface area (Å²) in [5.41, 5.74) is 2.90. The molecule has 0 aromatic carbocycles. The Morgan fingerprint density at radius 3 is 2.76 bits per heavy atom. The lowest BCUT2D eigenvalue weighted by atomic mass is 9.94. The third-order valence-electron chi connectivity index (χ3n) is 4.22. The van der Waals surface area contributed by atoms with Crippen molar-refractivity contribution < 1.29 is 4.79 Å². The summed E-state index contributed by atoms with van der Waals surface area (Å²) in [7, 11) is 1.86. The predicted octanol–water partition coefficient (Wildman–Crippen LogP) is 1.86. The van der Waals surface area contributed by atoms with E-state index in [0.29, 0.717) is 5.92 Å². The van der Waals surface area contributed by atoms with Gasteiger partial charge in [0.2, 0.25) is 0 Å². The first kappa shape index (κ1) is 13.7. The fourth-order valence-electron chi connectivity index (χ4n) is 2.70. The Bertz CT molecular complexity index is 609. The largest absolute Gasteiger partial charge is 0.324 e. The normalized spacial score (nSPS) is 16.2. The Morgan fingerprint density at radius 2 is 2.19 bits per heavy atom. The number of aryl methyl sites for hydroxylation is 1. The number of nitrogens with one attached hydrogen (secondary N) is 2. The van der Waals surface area contributed by atoms with Crippen LogP contribution in [0.4, 0.5) is 10.5 Å². The van der Waals surface area contributed by atoms with Crippen LogP contribution in [0, 0.1) is 6.92 Å². The maximum absolute atomic E-state index is 12.3. The van der Waals surface area contributed by atoms with Gasteiger partial charge in [0.1, 0.15) is 0 Å². The Balaban J connectivity index is 1.57. The second-order valence-electron chi connectivity index (χ2n) is 5.47. The quantitative estimate of drug-likeness (QED) is 0.885. The van der Waals surface area contributed by atoms with Crippen molar-refractivity contribution in [3.8, 4) is 0 Å². The lowest BCUT2D eigenvalue weighted by molar-refractivity contribution is 0.194. The summed E-state index contributed by atoms with van der Waals surface area (Å²) >= 11 is 0. The molecule has 1 saturated heterocycles. The molecule has 2 aromatic heterocycles. The fraction of sp³-hybridized carbons (Fsp3) is 0.500. The third kappa shape index (κ3) is 2.76. The standard InChI is InChI=1S/C14H20N6O/c1-10-13(9-16-19(10)2)17-14(21)20-7-4-11(5-8-20)12-3-6-15-18-12/h3,6,9,11H,4-5,7-8H2,1-2H3,(H,15,18)(H,17,21). The molecule has 0 bridgehead atoms. The number of amides is 2. The maximum atomic E-state index is 12.3. The van der Waals surface area contributed by atoms with E-state index in [2.05, 4.69) is 20.6 Å². The van der Waals surface area contributed by atoms with E-state index in [0.717, 1.165) is 43.0 Å². The molecule has 0 unspecified atom stereocenters. The number of anilines is 1. The van der Waals surface area contributed by atoms with Crippen LogP contribution in [0.5, 0.6) is 0 Å². The number of H-pyrrole nitrogens is 1. The molecule has 2 N–H and O–H groups in total. The molecule has 0 aliphatic carbocycles. The summed E-state index contributed by atoms with van der Waals surface area (Å²) in [6.45, 7) is 3.46. The Hall–Kier alpha value is -2.31. The highest BCUT2D eigenvalue weighted by Gasteiger charge is 2.25. The number of hydrogen-bond acceptors (Lipinski definition) is 3. The number of carbonyl (C=O) groups excluding carboxylic acids is 1. The van der Waals surface area contributed by atoms with E-state index >= 15 is 0 Å². The van der Waals surface area contributed by atoms with Crippen LogP contribution in [0.15, 0.2) is 18.5 Å². The van der Waals surface area contributed by atoms with Crippen molar-refractivity contribution in [2.45, 2.75) is 25.7 Å². The van der Waals surface area contributed by atoms with Gasteiger partial charge in [-0.25, -0.2) is 4.79 Å². The number of aromatic amines is 1. The molecule has 1 aliphatic rings. The number of nitrogens with zero attached hydrogens (tertiary/aromatic N) is 4. The van der Waals surface area contributed by atoms with Crippen LogP contribution in [-0.4, -0.2) is 44.0 Å². The molecule has 21 heavy (non-hydrogen) atoms. The Labute approximate surface area is 123 Å². The zero-order valence-corrected chi connectivity index (χ0v) is 12.3. The van der Waals surface area contributed by atoms with Gasteiger partial charge in [0.15, 0.2) is 0 Å². The first-order valence-corrected chi connectivity index (χ1v) is 7.19. The fourth-order valence-corrected chi connectivity index (χ4v) is 2.70. The molecule has 0 spiro atoms.